The Kier molecular flexibility index (Phi) is 4.42. The summed E-state index contributed by atoms with van der Waals surface area (Å²) < 4.78 is 22.8. The second kappa shape index (κ2) is 6.09. The highest BCUT2D eigenvalue weighted by atomic mass is 32.2. The number of hydrogen-bond acceptors (Lipinski definition) is 6. The zero-order valence-corrected chi connectivity index (χ0v) is 13.0. The van der Waals surface area contributed by atoms with E-state index in [1.165, 1.54) is 12.6 Å². The number of benzene rings is 1. The summed E-state index contributed by atoms with van der Waals surface area (Å²) in [5, 5.41) is 6.22. The molecule has 0 bridgehead atoms. The van der Waals surface area contributed by atoms with Gasteiger partial charge in [-0.05, 0) is 24.6 Å². The Hall–Kier alpha value is -2.15. The van der Waals surface area contributed by atoms with E-state index in [0.717, 1.165) is 22.8 Å². The SMILES string of the molecule is CNc1ncnc(NCc2ccc(S(C)(=O)=O)cc2)c1C. The van der Waals surface area contributed by atoms with E-state index in [2.05, 4.69) is 20.6 Å². The highest BCUT2D eigenvalue weighted by molar-refractivity contribution is 7.90. The molecule has 2 rings (SSSR count). The molecule has 0 saturated carbocycles. The van der Waals surface area contributed by atoms with Crippen LogP contribution in [-0.4, -0.2) is 31.7 Å². The van der Waals surface area contributed by atoms with Crippen molar-refractivity contribution in [1.82, 2.24) is 9.97 Å². The Morgan fingerprint density at radius 1 is 1.10 bits per heavy atom. The maximum atomic E-state index is 11.4. The fraction of sp³-hybridized carbons (Fsp3) is 0.286. The third-order valence-electron chi connectivity index (χ3n) is 3.13. The average Bonchev–Trinajstić information content (AvgIpc) is 2.46. The molecule has 0 fully saturated rings. The lowest BCUT2D eigenvalue weighted by Gasteiger charge is -2.11. The van der Waals surface area contributed by atoms with Crippen molar-refractivity contribution in [3.05, 3.63) is 41.7 Å². The van der Waals surface area contributed by atoms with Gasteiger partial charge < -0.3 is 10.6 Å². The second-order valence-corrected chi connectivity index (χ2v) is 6.73. The number of sulfone groups is 1. The maximum absolute atomic E-state index is 11.4. The average molecular weight is 306 g/mol. The van der Waals surface area contributed by atoms with E-state index in [4.69, 9.17) is 0 Å². The topological polar surface area (TPSA) is 84.0 Å². The lowest BCUT2D eigenvalue weighted by Crippen LogP contribution is -2.06. The molecule has 0 amide bonds. The lowest BCUT2D eigenvalue weighted by molar-refractivity contribution is 0.602. The molecule has 0 aliphatic heterocycles. The van der Waals surface area contributed by atoms with Gasteiger partial charge in [0, 0.05) is 25.4 Å². The van der Waals surface area contributed by atoms with Gasteiger partial charge in [0.15, 0.2) is 9.84 Å². The minimum Gasteiger partial charge on any atom is -0.373 e. The monoisotopic (exact) mass is 306 g/mol. The molecule has 7 heteroatoms. The van der Waals surface area contributed by atoms with Gasteiger partial charge in [-0.2, -0.15) is 0 Å². The van der Waals surface area contributed by atoms with Crippen molar-refractivity contribution in [1.29, 1.82) is 0 Å². The molecule has 0 atom stereocenters. The zero-order valence-electron chi connectivity index (χ0n) is 12.2. The quantitative estimate of drug-likeness (QED) is 0.877. The highest BCUT2D eigenvalue weighted by Crippen LogP contribution is 2.18. The Bertz CT molecular complexity index is 727. The molecule has 0 spiro atoms. The van der Waals surface area contributed by atoms with E-state index >= 15 is 0 Å². The van der Waals surface area contributed by atoms with Crippen molar-refractivity contribution < 1.29 is 8.42 Å². The van der Waals surface area contributed by atoms with Gasteiger partial charge in [0.1, 0.15) is 18.0 Å². The van der Waals surface area contributed by atoms with Crippen LogP contribution in [0.2, 0.25) is 0 Å². The first-order valence-corrected chi connectivity index (χ1v) is 8.33. The first kappa shape index (κ1) is 15.2. The van der Waals surface area contributed by atoms with Gasteiger partial charge in [-0.15, -0.1) is 0 Å². The van der Waals surface area contributed by atoms with E-state index < -0.39 is 9.84 Å². The van der Waals surface area contributed by atoms with Crippen LogP contribution in [0.15, 0.2) is 35.5 Å². The minimum atomic E-state index is -3.15. The fourth-order valence-corrected chi connectivity index (χ4v) is 2.55. The molecule has 1 aromatic carbocycles. The van der Waals surface area contributed by atoms with E-state index in [1.807, 2.05) is 14.0 Å². The van der Waals surface area contributed by atoms with Gasteiger partial charge in [-0.3, -0.25) is 0 Å². The molecule has 0 aliphatic rings. The highest BCUT2D eigenvalue weighted by Gasteiger charge is 2.07. The number of nitrogens with one attached hydrogen (secondary N) is 2. The Morgan fingerprint density at radius 3 is 2.29 bits per heavy atom. The van der Waals surface area contributed by atoms with Gasteiger partial charge in [0.25, 0.3) is 0 Å². The van der Waals surface area contributed by atoms with Gasteiger partial charge in [0.05, 0.1) is 4.90 Å². The largest absolute Gasteiger partial charge is 0.373 e. The van der Waals surface area contributed by atoms with E-state index in [-0.39, 0.29) is 0 Å². The number of hydrogen-bond donors (Lipinski definition) is 2. The molecular weight excluding hydrogens is 288 g/mol. The summed E-state index contributed by atoms with van der Waals surface area (Å²) in [6.45, 7) is 2.49. The molecule has 6 nitrogen and oxygen atoms in total. The molecule has 1 aromatic heterocycles. The molecule has 0 aliphatic carbocycles. The summed E-state index contributed by atoms with van der Waals surface area (Å²) in [4.78, 5) is 8.64. The van der Waals surface area contributed by atoms with Gasteiger partial charge >= 0.3 is 0 Å². The van der Waals surface area contributed by atoms with Crippen LogP contribution in [0.5, 0.6) is 0 Å². The summed E-state index contributed by atoms with van der Waals surface area (Å²) in [6.07, 6.45) is 2.69. The molecule has 0 radical (unpaired) electrons. The normalized spacial score (nSPS) is 11.2. The van der Waals surface area contributed by atoms with Crippen LogP contribution in [0, 0.1) is 6.92 Å². The molecule has 2 aromatic rings. The van der Waals surface area contributed by atoms with Crippen LogP contribution in [0.1, 0.15) is 11.1 Å². The summed E-state index contributed by atoms with van der Waals surface area (Å²) in [5.41, 5.74) is 1.92. The van der Waals surface area contributed by atoms with Crippen LogP contribution in [0.3, 0.4) is 0 Å². The van der Waals surface area contributed by atoms with E-state index in [9.17, 15) is 8.42 Å². The summed E-state index contributed by atoms with van der Waals surface area (Å²) in [7, 11) is -1.34. The molecule has 0 saturated heterocycles. The lowest BCUT2D eigenvalue weighted by atomic mass is 10.2. The number of anilines is 2. The molecule has 21 heavy (non-hydrogen) atoms. The van der Waals surface area contributed by atoms with Crippen molar-refractivity contribution in [2.45, 2.75) is 18.4 Å². The standard InChI is InChI=1S/C14H18N4O2S/c1-10-13(15-2)17-9-18-14(10)16-8-11-4-6-12(7-5-11)21(3,19)20/h4-7,9H,8H2,1-3H3,(H2,15,16,17,18). The van der Waals surface area contributed by atoms with Crippen LogP contribution in [-0.2, 0) is 16.4 Å². The van der Waals surface area contributed by atoms with Crippen molar-refractivity contribution in [3.8, 4) is 0 Å². The molecule has 0 unspecified atom stereocenters. The van der Waals surface area contributed by atoms with Crippen molar-refractivity contribution in [2.24, 2.45) is 0 Å². The third kappa shape index (κ3) is 3.69. The summed E-state index contributed by atoms with van der Waals surface area (Å²) in [5.74, 6) is 1.53. The van der Waals surface area contributed by atoms with E-state index in [1.54, 1.807) is 24.3 Å². The Morgan fingerprint density at radius 2 is 1.71 bits per heavy atom. The first-order chi connectivity index (χ1) is 9.91. The van der Waals surface area contributed by atoms with Gasteiger partial charge in [0.2, 0.25) is 0 Å². The number of aromatic nitrogens is 2. The Balaban J connectivity index is 2.10. The van der Waals surface area contributed by atoms with Gasteiger partial charge in [-0.25, -0.2) is 18.4 Å². The third-order valence-corrected chi connectivity index (χ3v) is 4.26. The predicted molar refractivity (Wildman–Crippen MR) is 83.2 cm³/mol. The Labute approximate surface area is 124 Å². The van der Waals surface area contributed by atoms with Crippen LogP contribution in [0.25, 0.3) is 0 Å². The fourth-order valence-electron chi connectivity index (χ4n) is 1.92. The smallest absolute Gasteiger partial charge is 0.175 e. The van der Waals surface area contributed by atoms with Gasteiger partial charge in [-0.1, -0.05) is 12.1 Å². The predicted octanol–water partition coefficient (Wildman–Crippen LogP) is 1.84. The van der Waals surface area contributed by atoms with Crippen LogP contribution < -0.4 is 10.6 Å². The second-order valence-electron chi connectivity index (χ2n) is 4.72. The molecule has 112 valence electrons. The molecular formula is C14H18N4O2S. The van der Waals surface area contributed by atoms with Crippen LogP contribution >= 0.6 is 0 Å². The zero-order chi connectivity index (χ0) is 15.5. The number of rotatable bonds is 5. The number of nitrogens with zero attached hydrogens (tertiary/aromatic N) is 2. The molecule has 2 N–H and O–H groups in total. The van der Waals surface area contributed by atoms with E-state index in [0.29, 0.717) is 11.4 Å². The molecule has 1 heterocycles. The van der Waals surface area contributed by atoms with Crippen molar-refractivity contribution in [3.63, 3.8) is 0 Å². The van der Waals surface area contributed by atoms with Crippen molar-refractivity contribution in [2.75, 3.05) is 23.9 Å². The first-order valence-electron chi connectivity index (χ1n) is 6.44. The summed E-state index contributed by atoms with van der Waals surface area (Å²) >= 11 is 0. The minimum absolute atomic E-state index is 0.321. The van der Waals surface area contributed by atoms with Crippen LogP contribution in [0.4, 0.5) is 11.6 Å². The maximum Gasteiger partial charge on any atom is 0.175 e. The van der Waals surface area contributed by atoms with Crippen molar-refractivity contribution >= 4 is 21.5 Å². The summed E-state index contributed by atoms with van der Waals surface area (Å²) in [6, 6.07) is 6.80.